The molecule has 5 heteroatoms. The van der Waals surface area contributed by atoms with Crippen molar-refractivity contribution in [2.24, 2.45) is 11.7 Å². The van der Waals surface area contributed by atoms with Crippen LogP contribution in [-0.2, 0) is 0 Å². The van der Waals surface area contributed by atoms with E-state index in [9.17, 15) is 0 Å². The van der Waals surface area contributed by atoms with Crippen LogP contribution in [-0.4, -0.2) is 9.97 Å². The van der Waals surface area contributed by atoms with E-state index in [0.29, 0.717) is 16.0 Å². The molecule has 0 fully saturated rings. The Morgan fingerprint density at radius 1 is 1.37 bits per heavy atom. The average Bonchev–Trinajstić information content (AvgIpc) is 2.86. The highest BCUT2D eigenvalue weighted by atomic mass is 35.5. The average molecular weight is 298 g/mol. The van der Waals surface area contributed by atoms with Crippen LogP contribution in [0.3, 0.4) is 0 Å². The van der Waals surface area contributed by atoms with Crippen LogP contribution in [0.2, 0.25) is 10.0 Å². The summed E-state index contributed by atoms with van der Waals surface area (Å²) in [5.41, 5.74) is 7.89. The van der Waals surface area contributed by atoms with Gasteiger partial charge in [-0.3, -0.25) is 0 Å². The Hall–Kier alpha value is -1.03. The van der Waals surface area contributed by atoms with Gasteiger partial charge >= 0.3 is 0 Å². The van der Waals surface area contributed by atoms with Crippen molar-refractivity contribution in [3.05, 3.63) is 40.3 Å². The second-order valence-corrected chi connectivity index (χ2v) is 5.56. The van der Waals surface area contributed by atoms with Crippen molar-refractivity contribution >= 4 is 23.2 Å². The maximum absolute atomic E-state index is 6.18. The van der Waals surface area contributed by atoms with Crippen LogP contribution < -0.4 is 5.73 Å². The summed E-state index contributed by atoms with van der Waals surface area (Å²) in [5, 5.41) is 1.21. The van der Waals surface area contributed by atoms with Gasteiger partial charge in [-0.2, -0.15) is 0 Å². The third-order valence-electron chi connectivity index (χ3n) is 3.39. The minimum atomic E-state index is -0.0928. The zero-order valence-corrected chi connectivity index (χ0v) is 12.5. The number of aromatic nitrogens is 2. The zero-order chi connectivity index (χ0) is 14.0. The van der Waals surface area contributed by atoms with Crippen LogP contribution in [0.1, 0.15) is 32.1 Å². The molecule has 0 radical (unpaired) electrons. The van der Waals surface area contributed by atoms with Crippen LogP contribution in [0.15, 0.2) is 24.4 Å². The Bertz CT molecular complexity index is 566. The first kappa shape index (κ1) is 14.4. The molecule has 1 aromatic carbocycles. The van der Waals surface area contributed by atoms with Gasteiger partial charge < -0.3 is 10.7 Å². The number of benzene rings is 1. The van der Waals surface area contributed by atoms with Crippen molar-refractivity contribution in [1.82, 2.24) is 9.97 Å². The van der Waals surface area contributed by atoms with Gasteiger partial charge in [-0.25, -0.2) is 4.98 Å². The molecule has 0 saturated carbocycles. The molecule has 3 nitrogen and oxygen atoms in total. The van der Waals surface area contributed by atoms with Gasteiger partial charge in [-0.15, -0.1) is 0 Å². The summed E-state index contributed by atoms with van der Waals surface area (Å²) in [4.78, 5) is 7.59. The standard InChI is InChI=1S/C14H17Cl2N3/c1-3-8(2)13(17)14-18-7-12(19-14)10-5-4-9(15)6-11(10)16/h4-8,13H,3,17H2,1-2H3,(H,18,19). The summed E-state index contributed by atoms with van der Waals surface area (Å²) < 4.78 is 0. The lowest BCUT2D eigenvalue weighted by Crippen LogP contribution is -2.19. The number of nitrogens with two attached hydrogens (primary N) is 1. The maximum atomic E-state index is 6.18. The van der Waals surface area contributed by atoms with Crippen molar-refractivity contribution in [2.75, 3.05) is 0 Å². The van der Waals surface area contributed by atoms with Crippen LogP contribution in [0.5, 0.6) is 0 Å². The minimum absolute atomic E-state index is 0.0928. The minimum Gasteiger partial charge on any atom is -0.341 e. The summed E-state index contributed by atoms with van der Waals surface area (Å²) in [5.74, 6) is 1.16. The molecule has 2 atom stereocenters. The Kier molecular flexibility index (Phi) is 4.50. The van der Waals surface area contributed by atoms with Gasteiger partial charge in [0.2, 0.25) is 0 Å². The van der Waals surface area contributed by atoms with Crippen molar-refractivity contribution in [3.63, 3.8) is 0 Å². The summed E-state index contributed by atoms with van der Waals surface area (Å²) in [6, 6.07) is 5.30. The Labute approximate surface area is 123 Å². The number of imidazole rings is 1. The van der Waals surface area contributed by atoms with Crippen LogP contribution >= 0.6 is 23.2 Å². The van der Waals surface area contributed by atoms with E-state index in [1.165, 1.54) is 0 Å². The molecule has 0 amide bonds. The van der Waals surface area contributed by atoms with E-state index in [2.05, 4.69) is 23.8 Å². The van der Waals surface area contributed by atoms with Crippen molar-refractivity contribution in [2.45, 2.75) is 26.3 Å². The van der Waals surface area contributed by atoms with E-state index < -0.39 is 0 Å². The van der Waals surface area contributed by atoms with Crippen LogP contribution in [0.4, 0.5) is 0 Å². The number of rotatable bonds is 4. The second-order valence-electron chi connectivity index (χ2n) is 4.72. The highest BCUT2D eigenvalue weighted by Gasteiger charge is 2.17. The van der Waals surface area contributed by atoms with Crippen molar-refractivity contribution in [1.29, 1.82) is 0 Å². The van der Waals surface area contributed by atoms with Gasteiger partial charge in [0.25, 0.3) is 0 Å². The molecule has 0 aliphatic carbocycles. The fourth-order valence-electron chi connectivity index (χ4n) is 1.87. The predicted octanol–water partition coefficient (Wildman–Crippen LogP) is 4.43. The van der Waals surface area contributed by atoms with E-state index in [4.69, 9.17) is 28.9 Å². The maximum Gasteiger partial charge on any atom is 0.123 e. The third kappa shape index (κ3) is 3.11. The van der Waals surface area contributed by atoms with Gasteiger partial charge in [0.05, 0.1) is 23.0 Å². The molecule has 0 aliphatic rings. The smallest absolute Gasteiger partial charge is 0.123 e. The third-order valence-corrected chi connectivity index (χ3v) is 3.94. The molecule has 3 N–H and O–H groups in total. The fourth-order valence-corrected chi connectivity index (χ4v) is 2.38. The molecular formula is C14H17Cl2N3. The molecule has 2 rings (SSSR count). The van der Waals surface area contributed by atoms with E-state index in [1.807, 2.05) is 6.07 Å². The molecule has 1 aromatic heterocycles. The highest BCUT2D eigenvalue weighted by molar-refractivity contribution is 6.36. The topological polar surface area (TPSA) is 54.7 Å². The van der Waals surface area contributed by atoms with Crippen molar-refractivity contribution in [3.8, 4) is 11.3 Å². The molecule has 0 saturated heterocycles. The lowest BCUT2D eigenvalue weighted by Gasteiger charge is -2.15. The quantitative estimate of drug-likeness (QED) is 0.877. The van der Waals surface area contributed by atoms with E-state index >= 15 is 0 Å². The highest BCUT2D eigenvalue weighted by Crippen LogP contribution is 2.30. The van der Waals surface area contributed by atoms with Gasteiger partial charge in [0.1, 0.15) is 5.82 Å². The summed E-state index contributed by atoms with van der Waals surface area (Å²) in [6.07, 6.45) is 2.77. The van der Waals surface area contributed by atoms with Gasteiger partial charge in [0.15, 0.2) is 0 Å². The number of hydrogen-bond donors (Lipinski definition) is 2. The van der Waals surface area contributed by atoms with Gasteiger partial charge in [-0.1, -0.05) is 43.5 Å². The molecule has 2 aromatic rings. The Morgan fingerprint density at radius 2 is 2.11 bits per heavy atom. The number of nitrogens with one attached hydrogen (secondary N) is 1. The second kappa shape index (κ2) is 5.95. The monoisotopic (exact) mass is 297 g/mol. The number of nitrogens with zero attached hydrogens (tertiary/aromatic N) is 1. The molecule has 0 bridgehead atoms. The van der Waals surface area contributed by atoms with Crippen molar-refractivity contribution < 1.29 is 0 Å². The number of aromatic amines is 1. The SMILES string of the molecule is CCC(C)C(N)c1ncc(-c2ccc(Cl)cc2Cl)[nH]1. The zero-order valence-electron chi connectivity index (χ0n) is 11.0. The van der Waals surface area contributed by atoms with E-state index in [1.54, 1.807) is 18.3 Å². The molecule has 2 unspecified atom stereocenters. The van der Waals surface area contributed by atoms with Gasteiger partial charge in [-0.05, 0) is 24.1 Å². The van der Waals surface area contributed by atoms with E-state index in [0.717, 1.165) is 23.5 Å². The largest absolute Gasteiger partial charge is 0.341 e. The molecular weight excluding hydrogens is 281 g/mol. The first-order valence-electron chi connectivity index (χ1n) is 6.28. The molecule has 1 heterocycles. The Balaban J connectivity index is 2.30. The van der Waals surface area contributed by atoms with Gasteiger partial charge in [0, 0.05) is 10.6 Å². The predicted molar refractivity (Wildman–Crippen MR) is 80.4 cm³/mol. The Morgan fingerprint density at radius 3 is 2.74 bits per heavy atom. The summed E-state index contributed by atoms with van der Waals surface area (Å²) >= 11 is 12.1. The molecule has 0 spiro atoms. The first-order chi connectivity index (χ1) is 9.02. The molecule has 19 heavy (non-hydrogen) atoms. The first-order valence-corrected chi connectivity index (χ1v) is 7.04. The van der Waals surface area contributed by atoms with Crippen LogP contribution in [0.25, 0.3) is 11.3 Å². The molecule has 102 valence electrons. The lowest BCUT2D eigenvalue weighted by molar-refractivity contribution is 0.441. The van der Waals surface area contributed by atoms with Crippen LogP contribution in [0, 0.1) is 5.92 Å². The summed E-state index contributed by atoms with van der Waals surface area (Å²) in [6.45, 7) is 4.23. The normalized spacial score (nSPS) is 14.4. The fraction of sp³-hybridized carbons (Fsp3) is 0.357. The lowest BCUT2D eigenvalue weighted by atomic mass is 10.00. The number of H-pyrrole nitrogens is 1. The summed E-state index contributed by atoms with van der Waals surface area (Å²) in [7, 11) is 0. The van der Waals surface area contributed by atoms with E-state index in [-0.39, 0.29) is 6.04 Å². The number of hydrogen-bond acceptors (Lipinski definition) is 2. The number of halogens is 2. The molecule has 0 aliphatic heterocycles.